The van der Waals surface area contributed by atoms with E-state index in [1.807, 2.05) is 47.9 Å². The summed E-state index contributed by atoms with van der Waals surface area (Å²) in [6.45, 7) is 4.83. The molecule has 1 aliphatic rings. The molecule has 0 bridgehead atoms. The van der Waals surface area contributed by atoms with Gasteiger partial charge in [0.1, 0.15) is 0 Å². The van der Waals surface area contributed by atoms with Crippen LogP contribution in [0.4, 0.5) is 0 Å². The molecule has 4 rings (SSSR count). The molecule has 1 aliphatic heterocycles. The second-order valence-corrected chi connectivity index (χ2v) is 8.36. The predicted octanol–water partition coefficient (Wildman–Crippen LogP) is 4.59. The number of aryl methyl sites for hydroxylation is 1. The molecular weight excluding hydrogens is 386 g/mol. The van der Waals surface area contributed by atoms with Gasteiger partial charge in [0, 0.05) is 36.1 Å². The highest BCUT2D eigenvalue weighted by Crippen LogP contribution is 2.26. The number of halogens is 1. The Balaban J connectivity index is 1.30. The van der Waals surface area contributed by atoms with E-state index in [0.717, 1.165) is 55.5 Å². The van der Waals surface area contributed by atoms with Gasteiger partial charge in [-0.1, -0.05) is 41.4 Å². The smallest absolute Gasteiger partial charge is 0.305 e. The molecule has 152 valence electrons. The second kappa shape index (κ2) is 8.56. The number of nitrogens with one attached hydrogen (secondary N) is 1. The first kappa shape index (κ1) is 19.9. The zero-order chi connectivity index (χ0) is 20.4. The molecule has 0 amide bonds. The molecule has 3 aromatic rings. The Kier molecular flexibility index (Phi) is 5.88. The maximum Gasteiger partial charge on any atom is 0.326 e. The Labute approximate surface area is 175 Å². The lowest BCUT2D eigenvalue weighted by molar-refractivity contribution is 0.0970. The van der Waals surface area contributed by atoms with Gasteiger partial charge in [0.25, 0.3) is 0 Å². The first-order chi connectivity index (χ1) is 14.0. The number of piperidine rings is 1. The van der Waals surface area contributed by atoms with Crippen LogP contribution in [0.5, 0.6) is 0 Å². The third-order valence-corrected chi connectivity index (χ3v) is 6.09. The molecule has 0 radical (unpaired) electrons. The van der Waals surface area contributed by atoms with E-state index in [0.29, 0.717) is 11.4 Å². The van der Waals surface area contributed by atoms with E-state index < -0.39 is 0 Å². The molecule has 1 saturated heterocycles. The molecule has 1 fully saturated rings. The minimum Gasteiger partial charge on any atom is -0.305 e. The first-order valence-corrected chi connectivity index (χ1v) is 10.6. The average molecular weight is 412 g/mol. The van der Waals surface area contributed by atoms with Gasteiger partial charge in [0.15, 0.2) is 5.78 Å². The van der Waals surface area contributed by atoms with Crippen molar-refractivity contribution in [2.24, 2.45) is 0 Å². The van der Waals surface area contributed by atoms with Gasteiger partial charge in [0.2, 0.25) is 0 Å². The molecule has 0 atom stereocenters. The van der Waals surface area contributed by atoms with Gasteiger partial charge in [0.05, 0.1) is 11.0 Å². The minimum absolute atomic E-state index is 0.0654. The summed E-state index contributed by atoms with van der Waals surface area (Å²) < 4.78 is 1.88. The SMILES string of the molecule is Cc1ccc(C(=O)CCCN2CCC(n3c(=O)[nH]c4cc(Cl)ccc43)CC2)cc1. The molecule has 0 aliphatic carbocycles. The number of H-pyrrole nitrogens is 1. The number of aromatic amines is 1. The first-order valence-electron chi connectivity index (χ1n) is 10.2. The maximum atomic E-state index is 12.4. The molecule has 0 unspecified atom stereocenters. The van der Waals surface area contributed by atoms with Crippen LogP contribution in [0.1, 0.15) is 47.6 Å². The number of benzene rings is 2. The number of hydrogen-bond donors (Lipinski definition) is 1. The summed E-state index contributed by atoms with van der Waals surface area (Å²) >= 11 is 6.04. The van der Waals surface area contributed by atoms with Crippen molar-refractivity contribution >= 4 is 28.4 Å². The average Bonchev–Trinajstić information content (AvgIpc) is 3.03. The normalized spacial score (nSPS) is 15.8. The number of rotatable bonds is 6. The molecule has 0 spiro atoms. The Morgan fingerprint density at radius 2 is 1.86 bits per heavy atom. The number of Topliss-reactive ketones (excluding diaryl/α,β-unsaturated/α-hetero) is 1. The van der Waals surface area contributed by atoms with Crippen LogP contribution in [0.15, 0.2) is 47.3 Å². The van der Waals surface area contributed by atoms with Gasteiger partial charge in [-0.15, -0.1) is 0 Å². The van der Waals surface area contributed by atoms with Crippen LogP contribution in [-0.4, -0.2) is 39.9 Å². The van der Waals surface area contributed by atoms with Crippen molar-refractivity contribution in [3.63, 3.8) is 0 Å². The fourth-order valence-corrected chi connectivity index (χ4v) is 4.39. The van der Waals surface area contributed by atoms with Gasteiger partial charge < -0.3 is 9.88 Å². The fourth-order valence-electron chi connectivity index (χ4n) is 4.21. The van der Waals surface area contributed by atoms with E-state index in [4.69, 9.17) is 11.6 Å². The second-order valence-electron chi connectivity index (χ2n) is 7.93. The van der Waals surface area contributed by atoms with Gasteiger partial charge >= 0.3 is 5.69 Å². The largest absolute Gasteiger partial charge is 0.326 e. The summed E-state index contributed by atoms with van der Waals surface area (Å²) in [5.74, 6) is 0.212. The van der Waals surface area contributed by atoms with Crippen LogP contribution in [0.25, 0.3) is 11.0 Å². The highest BCUT2D eigenvalue weighted by molar-refractivity contribution is 6.31. The van der Waals surface area contributed by atoms with Gasteiger partial charge in [-0.05, 0) is 50.9 Å². The molecule has 0 saturated carbocycles. The van der Waals surface area contributed by atoms with Crippen molar-refractivity contribution in [3.8, 4) is 0 Å². The Hall–Kier alpha value is -2.37. The summed E-state index contributed by atoms with van der Waals surface area (Å²) in [6, 6.07) is 13.5. The van der Waals surface area contributed by atoms with Crippen LogP contribution in [0, 0.1) is 6.92 Å². The molecule has 1 aromatic heterocycles. The summed E-state index contributed by atoms with van der Waals surface area (Å²) in [6.07, 6.45) is 3.30. The lowest BCUT2D eigenvalue weighted by atomic mass is 10.0. The number of imidazole rings is 1. The van der Waals surface area contributed by atoms with E-state index in [9.17, 15) is 9.59 Å². The summed E-state index contributed by atoms with van der Waals surface area (Å²) in [5.41, 5.74) is 3.61. The number of fused-ring (bicyclic) bond motifs is 1. The lowest BCUT2D eigenvalue weighted by Crippen LogP contribution is -2.37. The van der Waals surface area contributed by atoms with Crippen LogP contribution >= 0.6 is 11.6 Å². The maximum absolute atomic E-state index is 12.4. The van der Waals surface area contributed by atoms with Crippen LogP contribution in [-0.2, 0) is 0 Å². The minimum atomic E-state index is -0.0654. The standard InChI is InChI=1S/C23H26ClN3O2/c1-16-4-6-17(7-5-16)22(28)3-2-12-26-13-10-19(11-14-26)27-21-9-8-18(24)15-20(21)25-23(27)29/h4-9,15,19H,2-3,10-14H2,1H3,(H,25,29). The van der Waals surface area contributed by atoms with E-state index in [1.54, 1.807) is 6.07 Å². The van der Waals surface area contributed by atoms with Crippen molar-refractivity contribution in [1.82, 2.24) is 14.5 Å². The number of carbonyl (C=O) groups is 1. The zero-order valence-corrected chi connectivity index (χ0v) is 17.4. The van der Waals surface area contributed by atoms with Gasteiger partial charge in [-0.25, -0.2) is 4.79 Å². The summed E-state index contributed by atoms with van der Waals surface area (Å²) in [7, 11) is 0. The predicted molar refractivity (Wildman–Crippen MR) is 117 cm³/mol. The van der Waals surface area contributed by atoms with Gasteiger partial charge in [-0.2, -0.15) is 0 Å². The van der Waals surface area contributed by atoms with Crippen molar-refractivity contribution in [3.05, 3.63) is 69.1 Å². The van der Waals surface area contributed by atoms with E-state index >= 15 is 0 Å². The van der Waals surface area contributed by atoms with E-state index in [1.165, 1.54) is 5.56 Å². The molecular formula is C23H26ClN3O2. The molecule has 29 heavy (non-hydrogen) atoms. The lowest BCUT2D eigenvalue weighted by Gasteiger charge is -2.32. The molecule has 5 nitrogen and oxygen atoms in total. The van der Waals surface area contributed by atoms with Gasteiger partial charge in [-0.3, -0.25) is 9.36 Å². The monoisotopic (exact) mass is 411 g/mol. The third-order valence-electron chi connectivity index (χ3n) is 5.85. The zero-order valence-electron chi connectivity index (χ0n) is 16.7. The number of nitrogens with zero attached hydrogens (tertiary/aromatic N) is 2. The Morgan fingerprint density at radius 1 is 1.14 bits per heavy atom. The topological polar surface area (TPSA) is 58.1 Å². The number of likely N-dealkylation sites (tertiary alicyclic amines) is 1. The fraction of sp³-hybridized carbons (Fsp3) is 0.391. The quantitative estimate of drug-likeness (QED) is 0.603. The van der Waals surface area contributed by atoms with E-state index in [-0.39, 0.29) is 17.5 Å². The number of hydrogen-bond acceptors (Lipinski definition) is 3. The highest BCUT2D eigenvalue weighted by Gasteiger charge is 2.23. The number of ketones is 1. The van der Waals surface area contributed by atoms with Crippen molar-refractivity contribution < 1.29 is 4.79 Å². The van der Waals surface area contributed by atoms with Crippen LogP contribution in [0.2, 0.25) is 5.02 Å². The summed E-state index contributed by atoms with van der Waals surface area (Å²) in [4.78, 5) is 30.1. The Bertz CT molecular complexity index is 1060. The molecule has 1 N–H and O–H groups in total. The number of aromatic nitrogens is 2. The number of carbonyl (C=O) groups excluding carboxylic acids is 1. The van der Waals surface area contributed by atoms with Crippen molar-refractivity contribution in [2.75, 3.05) is 19.6 Å². The summed E-state index contributed by atoms with van der Waals surface area (Å²) in [5, 5.41) is 0.626. The highest BCUT2D eigenvalue weighted by atomic mass is 35.5. The van der Waals surface area contributed by atoms with Crippen molar-refractivity contribution in [1.29, 1.82) is 0 Å². The van der Waals surface area contributed by atoms with E-state index in [2.05, 4.69) is 9.88 Å². The Morgan fingerprint density at radius 3 is 2.59 bits per heavy atom. The van der Waals surface area contributed by atoms with Crippen LogP contribution < -0.4 is 5.69 Å². The molecule has 2 heterocycles. The molecule has 2 aromatic carbocycles. The van der Waals surface area contributed by atoms with Crippen LogP contribution in [0.3, 0.4) is 0 Å². The molecule has 6 heteroatoms. The van der Waals surface area contributed by atoms with Crippen molar-refractivity contribution in [2.45, 2.75) is 38.6 Å². The third kappa shape index (κ3) is 4.46.